The van der Waals surface area contributed by atoms with Crippen LogP contribution < -0.4 is 5.73 Å². The van der Waals surface area contributed by atoms with E-state index >= 15 is 0 Å². The highest BCUT2D eigenvalue weighted by Crippen LogP contribution is 2.29. The smallest absolute Gasteiger partial charge is 0.244 e. The van der Waals surface area contributed by atoms with Crippen molar-refractivity contribution in [3.8, 4) is 0 Å². The summed E-state index contributed by atoms with van der Waals surface area (Å²) in [6, 6.07) is 5.33. The van der Waals surface area contributed by atoms with Crippen molar-refractivity contribution >= 4 is 34.0 Å². The Kier molecular flexibility index (Phi) is 6.50. The second-order valence-electron chi connectivity index (χ2n) is 5.59. The van der Waals surface area contributed by atoms with Gasteiger partial charge in [0.15, 0.2) is 0 Å². The van der Waals surface area contributed by atoms with E-state index < -0.39 is 10.0 Å². The highest BCUT2D eigenvalue weighted by atomic mass is 35.5. The lowest BCUT2D eigenvalue weighted by molar-refractivity contribution is 0.320. The fourth-order valence-electron chi connectivity index (χ4n) is 2.33. The largest absolute Gasteiger partial charge is 0.328 e. The summed E-state index contributed by atoms with van der Waals surface area (Å²) in [5.74, 6) is 0.260. The van der Waals surface area contributed by atoms with Gasteiger partial charge < -0.3 is 5.73 Å². The van der Waals surface area contributed by atoms with Gasteiger partial charge in [0.1, 0.15) is 4.90 Å². The molecule has 0 unspecified atom stereocenters. The number of piperidine rings is 1. The van der Waals surface area contributed by atoms with Crippen LogP contribution in [0.3, 0.4) is 0 Å². The molecule has 4 nitrogen and oxygen atoms in total. The van der Waals surface area contributed by atoms with Crippen molar-refractivity contribution in [2.24, 2.45) is 5.73 Å². The molecule has 0 aliphatic carbocycles. The molecule has 1 aromatic carbocycles. The topological polar surface area (TPSA) is 63.4 Å². The maximum atomic E-state index is 12.7. The van der Waals surface area contributed by atoms with E-state index in [0.29, 0.717) is 25.9 Å². The molecule has 1 heterocycles. The zero-order valence-electron chi connectivity index (χ0n) is 12.3. The number of sulfonamides is 1. The van der Waals surface area contributed by atoms with Crippen LogP contribution in [0.15, 0.2) is 23.1 Å². The van der Waals surface area contributed by atoms with Gasteiger partial charge in [-0.15, -0.1) is 12.4 Å². The van der Waals surface area contributed by atoms with Gasteiger partial charge in [0, 0.05) is 19.1 Å². The van der Waals surface area contributed by atoms with Crippen LogP contribution in [0.5, 0.6) is 0 Å². The van der Waals surface area contributed by atoms with E-state index in [9.17, 15) is 8.42 Å². The van der Waals surface area contributed by atoms with Gasteiger partial charge in [-0.1, -0.05) is 31.5 Å². The lowest BCUT2D eigenvalue weighted by atomic mass is 10.0. The Labute approximate surface area is 138 Å². The first kappa shape index (κ1) is 18.7. The normalized spacial score (nSPS) is 17.8. The van der Waals surface area contributed by atoms with E-state index in [0.717, 1.165) is 5.56 Å². The van der Waals surface area contributed by atoms with E-state index in [-0.39, 0.29) is 34.3 Å². The molecule has 120 valence electrons. The summed E-state index contributed by atoms with van der Waals surface area (Å²) in [5.41, 5.74) is 6.80. The molecule has 1 saturated heterocycles. The third kappa shape index (κ3) is 4.11. The van der Waals surface area contributed by atoms with Gasteiger partial charge in [0.25, 0.3) is 0 Å². The molecule has 2 N–H and O–H groups in total. The van der Waals surface area contributed by atoms with Crippen molar-refractivity contribution < 1.29 is 8.42 Å². The molecule has 1 aliphatic rings. The second-order valence-corrected chi connectivity index (χ2v) is 7.90. The van der Waals surface area contributed by atoms with Crippen molar-refractivity contribution in [3.63, 3.8) is 0 Å². The van der Waals surface area contributed by atoms with E-state index in [2.05, 4.69) is 0 Å². The van der Waals surface area contributed by atoms with E-state index in [4.69, 9.17) is 17.3 Å². The Hall–Kier alpha value is -0.330. The van der Waals surface area contributed by atoms with E-state index in [1.807, 2.05) is 19.9 Å². The van der Waals surface area contributed by atoms with Crippen molar-refractivity contribution in [1.29, 1.82) is 0 Å². The predicted molar refractivity (Wildman–Crippen MR) is 88.8 cm³/mol. The van der Waals surface area contributed by atoms with Gasteiger partial charge in [-0.05, 0) is 36.5 Å². The van der Waals surface area contributed by atoms with Crippen LogP contribution in [0.25, 0.3) is 0 Å². The summed E-state index contributed by atoms with van der Waals surface area (Å²) in [5, 5.41) is 0.282. The number of hydrogen-bond acceptors (Lipinski definition) is 3. The molecule has 1 aliphatic heterocycles. The highest BCUT2D eigenvalue weighted by molar-refractivity contribution is 7.89. The summed E-state index contributed by atoms with van der Waals surface area (Å²) in [6.07, 6.45) is 1.39. The number of rotatable bonds is 3. The molecular weight excluding hydrogens is 331 g/mol. The molecule has 1 aromatic rings. The Balaban J connectivity index is 0.00000220. The standard InChI is InChI=1S/C14H21ClN2O2S.ClH/c1-10(2)11-3-4-13(15)14(9-11)20(18,19)17-7-5-12(16)6-8-17;/h3-4,9-10,12H,5-8,16H2,1-2H3;1H. The van der Waals surface area contributed by atoms with Crippen LogP contribution in [-0.2, 0) is 10.0 Å². The van der Waals surface area contributed by atoms with Gasteiger partial charge in [0.05, 0.1) is 5.02 Å². The van der Waals surface area contributed by atoms with Crippen LogP contribution >= 0.6 is 24.0 Å². The third-order valence-corrected chi connectivity index (χ3v) is 6.12. The van der Waals surface area contributed by atoms with Gasteiger partial charge in [-0.2, -0.15) is 4.31 Å². The fourth-order valence-corrected chi connectivity index (χ4v) is 4.31. The summed E-state index contributed by atoms with van der Waals surface area (Å²) >= 11 is 6.10. The van der Waals surface area contributed by atoms with E-state index in [1.54, 1.807) is 12.1 Å². The quantitative estimate of drug-likeness (QED) is 0.909. The molecule has 7 heteroatoms. The summed E-state index contributed by atoms with van der Waals surface area (Å²) < 4.78 is 26.9. The van der Waals surface area contributed by atoms with Crippen LogP contribution in [0.2, 0.25) is 5.02 Å². The van der Waals surface area contributed by atoms with Crippen LogP contribution in [0.4, 0.5) is 0 Å². The molecule has 0 saturated carbocycles. The Morgan fingerprint density at radius 1 is 1.29 bits per heavy atom. The first-order valence-corrected chi connectivity index (χ1v) is 8.69. The Morgan fingerprint density at radius 2 is 1.86 bits per heavy atom. The lowest BCUT2D eigenvalue weighted by Crippen LogP contribution is -2.42. The number of halogens is 2. The molecule has 0 aromatic heterocycles. The van der Waals surface area contributed by atoms with Crippen LogP contribution in [-0.4, -0.2) is 31.9 Å². The maximum absolute atomic E-state index is 12.7. The van der Waals surface area contributed by atoms with Gasteiger partial charge in [-0.25, -0.2) is 8.42 Å². The Bertz CT molecular complexity index is 583. The number of hydrogen-bond donors (Lipinski definition) is 1. The summed E-state index contributed by atoms with van der Waals surface area (Å²) in [7, 11) is -3.53. The molecule has 0 radical (unpaired) electrons. The molecule has 2 rings (SSSR count). The van der Waals surface area contributed by atoms with Crippen LogP contribution in [0, 0.1) is 0 Å². The second kappa shape index (κ2) is 7.29. The molecular formula is C14H22Cl2N2O2S. The molecule has 0 amide bonds. The molecule has 21 heavy (non-hydrogen) atoms. The molecule has 0 spiro atoms. The predicted octanol–water partition coefficient (Wildman–Crippen LogP) is 3.00. The van der Waals surface area contributed by atoms with Crippen LogP contribution in [0.1, 0.15) is 38.2 Å². The lowest BCUT2D eigenvalue weighted by Gasteiger charge is -2.29. The average Bonchev–Trinajstić information content (AvgIpc) is 2.39. The minimum absolute atomic E-state index is 0. The van der Waals surface area contributed by atoms with Gasteiger partial charge in [0.2, 0.25) is 10.0 Å². The van der Waals surface area contributed by atoms with Crippen molar-refractivity contribution in [2.75, 3.05) is 13.1 Å². The average molecular weight is 353 g/mol. The number of benzene rings is 1. The third-order valence-electron chi connectivity index (χ3n) is 3.74. The molecule has 0 bridgehead atoms. The monoisotopic (exact) mass is 352 g/mol. The molecule has 1 fully saturated rings. The van der Waals surface area contributed by atoms with Crippen molar-refractivity contribution in [2.45, 2.75) is 43.5 Å². The van der Waals surface area contributed by atoms with Crippen molar-refractivity contribution in [3.05, 3.63) is 28.8 Å². The summed E-state index contributed by atoms with van der Waals surface area (Å²) in [4.78, 5) is 0.209. The fraction of sp³-hybridized carbons (Fsp3) is 0.571. The van der Waals surface area contributed by atoms with E-state index in [1.165, 1.54) is 4.31 Å². The first-order valence-electron chi connectivity index (χ1n) is 6.87. The van der Waals surface area contributed by atoms with Gasteiger partial charge in [-0.3, -0.25) is 0 Å². The minimum atomic E-state index is -3.53. The molecule has 0 atom stereocenters. The highest BCUT2D eigenvalue weighted by Gasteiger charge is 2.30. The maximum Gasteiger partial charge on any atom is 0.244 e. The van der Waals surface area contributed by atoms with Gasteiger partial charge >= 0.3 is 0 Å². The first-order chi connectivity index (χ1) is 9.32. The number of nitrogens with two attached hydrogens (primary N) is 1. The zero-order valence-corrected chi connectivity index (χ0v) is 14.6. The number of nitrogens with zero attached hydrogens (tertiary/aromatic N) is 1. The minimum Gasteiger partial charge on any atom is -0.328 e. The zero-order chi connectivity index (χ0) is 14.9. The summed E-state index contributed by atoms with van der Waals surface area (Å²) in [6.45, 7) is 4.98. The Morgan fingerprint density at radius 3 is 2.38 bits per heavy atom. The van der Waals surface area contributed by atoms with Crippen molar-refractivity contribution in [1.82, 2.24) is 4.31 Å². The SMILES string of the molecule is CC(C)c1ccc(Cl)c(S(=O)(=O)N2CCC(N)CC2)c1.Cl.